The number of halogens is 3. The summed E-state index contributed by atoms with van der Waals surface area (Å²) in [5.41, 5.74) is 0.659. The molecule has 2 aromatic rings. The number of nitrogens with zero attached hydrogens (tertiary/aromatic N) is 1. The molecule has 3 nitrogen and oxygen atoms in total. The van der Waals surface area contributed by atoms with Crippen molar-refractivity contribution in [1.29, 1.82) is 0 Å². The highest BCUT2D eigenvalue weighted by Gasteiger charge is 2.30. The van der Waals surface area contributed by atoms with E-state index in [1.807, 2.05) is 30.3 Å². The molecule has 0 aliphatic rings. The summed E-state index contributed by atoms with van der Waals surface area (Å²) in [6.45, 7) is 2.08. The molecule has 0 saturated heterocycles. The Hall–Kier alpha value is -2.50. The average molecular weight is 336 g/mol. The Labute approximate surface area is 139 Å². The predicted molar refractivity (Wildman–Crippen MR) is 86.3 cm³/mol. The van der Waals surface area contributed by atoms with E-state index in [4.69, 9.17) is 0 Å². The first-order valence-electron chi connectivity index (χ1n) is 7.50. The van der Waals surface area contributed by atoms with Gasteiger partial charge in [0.15, 0.2) is 0 Å². The maximum atomic E-state index is 12.8. The third kappa shape index (κ3) is 4.75. The van der Waals surface area contributed by atoms with Gasteiger partial charge in [0.25, 0.3) is 0 Å². The summed E-state index contributed by atoms with van der Waals surface area (Å²) in [5.74, 6) is 0. The molecule has 0 aliphatic heterocycles. The molecule has 0 saturated carbocycles. The molecule has 0 bridgehead atoms. The van der Waals surface area contributed by atoms with Crippen LogP contribution < -0.4 is 5.32 Å². The standard InChI is InChI=1S/C18H19F3N2O/c1-13(15-9-6-10-16(11-15)18(19,20)21)22-17(24)23(2)12-14-7-4-3-5-8-14/h3-11,13H,12H2,1-2H3,(H,22,24)/t13-/m1/s1. The van der Waals surface area contributed by atoms with Gasteiger partial charge in [0.1, 0.15) is 0 Å². The fraction of sp³-hybridized carbons (Fsp3) is 0.278. The zero-order chi connectivity index (χ0) is 17.7. The van der Waals surface area contributed by atoms with Crippen LogP contribution in [-0.4, -0.2) is 18.0 Å². The Morgan fingerprint density at radius 1 is 1.12 bits per heavy atom. The molecule has 0 aromatic heterocycles. The molecule has 6 heteroatoms. The van der Waals surface area contributed by atoms with Crippen molar-refractivity contribution in [2.75, 3.05) is 7.05 Å². The maximum absolute atomic E-state index is 12.8. The number of hydrogen-bond donors (Lipinski definition) is 1. The van der Waals surface area contributed by atoms with Gasteiger partial charge in [-0.3, -0.25) is 0 Å². The minimum Gasteiger partial charge on any atom is -0.331 e. The number of urea groups is 1. The predicted octanol–water partition coefficient (Wildman–Crippen LogP) is 4.61. The third-order valence-electron chi connectivity index (χ3n) is 3.66. The molecule has 2 aromatic carbocycles. The zero-order valence-electron chi connectivity index (χ0n) is 13.5. The van der Waals surface area contributed by atoms with Crippen LogP contribution in [0.25, 0.3) is 0 Å². The Morgan fingerprint density at radius 2 is 1.79 bits per heavy atom. The van der Waals surface area contributed by atoms with Gasteiger partial charge in [0.2, 0.25) is 0 Å². The van der Waals surface area contributed by atoms with E-state index in [9.17, 15) is 18.0 Å². The number of nitrogens with one attached hydrogen (secondary N) is 1. The molecule has 1 atom stereocenters. The molecular weight excluding hydrogens is 317 g/mol. The molecule has 0 heterocycles. The van der Waals surface area contributed by atoms with Gasteiger partial charge in [0, 0.05) is 13.6 Å². The Bertz CT molecular complexity index is 686. The highest BCUT2D eigenvalue weighted by molar-refractivity contribution is 5.74. The lowest BCUT2D eigenvalue weighted by atomic mass is 10.1. The molecule has 2 rings (SSSR count). The first-order valence-corrected chi connectivity index (χ1v) is 7.50. The smallest absolute Gasteiger partial charge is 0.331 e. The SMILES string of the molecule is C[C@@H](NC(=O)N(C)Cc1ccccc1)c1cccc(C(F)(F)F)c1. The number of alkyl halides is 3. The van der Waals surface area contributed by atoms with Crippen LogP contribution in [0.3, 0.4) is 0 Å². The molecule has 0 unspecified atom stereocenters. The molecule has 0 radical (unpaired) electrons. The third-order valence-corrected chi connectivity index (χ3v) is 3.66. The van der Waals surface area contributed by atoms with E-state index in [1.165, 1.54) is 11.0 Å². The van der Waals surface area contributed by atoms with E-state index < -0.39 is 17.8 Å². The normalized spacial score (nSPS) is 12.5. The van der Waals surface area contributed by atoms with Crippen LogP contribution >= 0.6 is 0 Å². The van der Waals surface area contributed by atoms with Gasteiger partial charge in [-0.1, -0.05) is 42.5 Å². The minimum atomic E-state index is -4.40. The lowest BCUT2D eigenvalue weighted by Gasteiger charge is -2.22. The van der Waals surface area contributed by atoms with Crippen molar-refractivity contribution in [2.45, 2.75) is 25.7 Å². The maximum Gasteiger partial charge on any atom is 0.416 e. The van der Waals surface area contributed by atoms with Crippen LogP contribution in [0.15, 0.2) is 54.6 Å². The Kier molecular flexibility index (Phi) is 5.49. The molecule has 0 aliphatic carbocycles. The van der Waals surface area contributed by atoms with Crippen LogP contribution in [-0.2, 0) is 12.7 Å². The summed E-state index contributed by atoms with van der Waals surface area (Å²) in [5, 5.41) is 2.71. The van der Waals surface area contributed by atoms with Crippen molar-refractivity contribution in [3.63, 3.8) is 0 Å². The summed E-state index contributed by atoms with van der Waals surface area (Å²) in [6.07, 6.45) is -4.40. The lowest BCUT2D eigenvalue weighted by Crippen LogP contribution is -2.38. The summed E-state index contributed by atoms with van der Waals surface area (Å²) in [6, 6.07) is 13.6. The second kappa shape index (κ2) is 7.38. The molecule has 0 spiro atoms. The number of rotatable bonds is 4. The molecular formula is C18H19F3N2O. The molecule has 1 N–H and O–H groups in total. The van der Waals surface area contributed by atoms with E-state index in [2.05, 4.69) is 5.32 Å². The van der Waals surface area contributed by atoms with Gasteiger partial charge in [-0.25, -0.2) is 4.79 Å². The van der Waals surface area contributed by atoms with E-state index >= 15 is 0 Å². The quantitative estimate of drug-likeness (QED) is 0.869. The van der Waals surface area contributed by atoms with Crippen molar-refractivity contribution in [3.05, 3.63) is 71.3 Å². The zero-order valence-corrected chi connectivity index (χ0v) is 13.5. The Morgan fingerprint density at radius 3 is 2.42 bits per heavy atom. The molecule has 0 fully saturated rings. The number of benzene rings is 2. The van der Waals surface area contributed by atoms with Crippen molar-refractivity contribution >= 4 is 6.03 Å². The molecule has 128 valence electrons. The molecule has 2 amide bonds. The second-order valence-corrected chi connectivity index (χ2v) is 5.64. The number of carbonyl (C=O) groups is 1. The van der Waals surface area contributed by atoms with Gasteiger partial charge in [-0.2, -0.15) is 13.2 Å². The van der Waals surface area contributed by atoms with E-state index in [0.717, 1.165) is 17.7 Å². The van der Waals surface area contributed by atoms with E-state index in [1.54, 1.807) is 20.0 Å². The van der Waals surface area contributed by atoms with Gasteiger partial charge >= 0.3 is 12.2 Å². The largest absolute Gasteiger partial charge is 0.416 e. The summed E-state index contributed by atoms with van der Waals surface area (Å²) >= 11 is 0. The van der Waals surface area contributed by atoms with Crippen LogP contribution in [0.4, 0.5) is 18.0 Å². The molecule has 24 heavy (non-hydrogen) atoms. The van der Waals surface area contributed by atoms with Crippen LogP contribution in [0, 0.1) is 0 Å². The van der Waals surface area contributed by atoms with Crippen LogP contribution in [0.2, 0.25) is 0 Å². The van der Waals surface area contributed by atoms with E-state index in [0.29, 0.717) is 12.1 Å². The fourth-order valence-electron chi connectivity index (χ4n) is 2.29. The van der Waals surface area contributed by atoms with Crippen LogP contribution in [0.1, 0.15) is 29.7 Å². The lowest BCUT2D eigenvalue weighted by molar-refractivity contribution is -0.137. The number of hydrogen-bond acceptors (Lipinski definition) is 1. The Balaban J connectivity index is 2.01. The number of carbonyl (C=O) groups excluding carboxylic acids is 1. The second-order valence-electron chi connectivity index (χ2n) is 5.64. The van der Waals surface area contributed by atoms with Gasteiger partial charge in [-0.15, -0.1) is 0 Å². The first kappa shape index (κ1) is 17.8. The van der Waals surface area contributed by atoms with Crippen LogP contribution in [0.5, 0.6) is 0 Å². The van der Waals surface area contributed by atoms with Crippen molar-refractivity contribution in [2.24, 2.45) is 0 Å². The van der Waals surface area contributed by atoms with Crippen molar-refractivity contribution in [1.82, 2.24) is 10.2 Å². The van der Waals surface area contributed by atoms with Crippen molar-refractivity contribution in [3.8, 4) is 0 Å². The first-order chi connectivity index (χ1) is 11.3. The van der Waals surface area contributed by atoms with Crippen molar-refractivity contribution < 1.29 is 18.0 Å². The summed E-state index contributed by atoms with van der Waals surface area (Å²) in [4.78, 5) is 13.7. The van der Waals surface area contributed by atoms with Gasteiger partial charge in [0.05, 0.1) is 11.6 Å². The highest BCUT2D eigenvalue weighted by atomic mass is 19.4. The average Bonchev–Trinajstić information content (AvgIpc) is 2.55. The van der Waals surface area contributed by atoms with Gasteiger partial charge in [-0.05, 0) is 30.2 Å². The minimum absolute atomic E-state index is 0.344. The monoisotopic (exact) mass is 336 g/mol. The van der Waals surface area contributed by atoms with Gasteiger partial charge < -0.3 is 10.2 Å². The summed E-state index contributed by atoms with van der Waals surface area (Å²) < 4.78 is 38.3. The van der Waals surface area contributed by atoms with E-state index in [-0.39, 0.29) is 6.03 Å². The topological polar surface area (TPSA) is 32.3 Å². The fourth-order valence-corrected chi connectivity index (χ4v) is 2.29. The highest BCUT2D eigenvalue weighted by Crippen LogP contribution is 2.30. The number of amides is 2. The summed E-state index contributed by atoms with van der Waals surface area (Å²) in [7, 11) is 1.64.